The third-order valence-electron chi connectivity index (χ3n) is 4.88. The second-order valence-electron chi connectivity index (χ2n) is 8.25. The van der Waals surface area contributed by atoms with Crippen LogP contribution < -0.4 is 14.8 Å². The number of nitrogens with zero attached hydrogens (tertiary/aromatic N) is 1. The number of rotatable bonds is 6. The van der Waals surface area contributed by atoms with E-state index in [1.807, 2.05) is 20.8 Å². The number of ether oxygens (including phenoxy) is 1. The van der Waals surface area contributed by atoms with E-state index in [-0.39, 0.29) is 33.5 Å². The number of carbonyl (C=O) groups excluding carboxylic acids is 1. The van der Waals surface area contributed by atoms with Crippen molar-refractivity contribution in [2.24, 2.45) is 0 Å². The second-order valence-corrected chi connectivity index (χ2v) is 9.93. The topological polar surface area (TPSA) is 111 Å². The Balaban J connectivity index is 1.83. The lowest BCUT2D eigenvalue weighted by molar-refractivity contribution is 0.102. The molecule has 1 amide bonds. The number of methoxy groups -OCH3 is 1. The van der Waals surface area contributed by atoms with E-state index in [9.17, 15) is 13.2 Å². The van der Waals surface area contributed by atoms with Gasteiger partial charge in [-0.2, -0.15) is 0 Å². The van der Waals surface area contributed by atoms with Gasteiger partial charge in [0, 0.05) is 23.1 Å². The Kier molecular flexibility index (Phi) is 6.00. The summed E-state index contributed by atoms with van der Waals surface area (Å²) in [5.74, 6) is 0.595. The van der Waals surface area contributed by atoms with Crippen molar-refractivity contribution in [3.63, 3.8) is 0 Å². The maximum atomic E-state index is 12.9. The van der Waals surface area contributed by atoms with E-state index in [0.29, 0.717) is 5.76 Å². The van der Waals surface area contributed by atoms with E-state index in [1.54, 1.807) is 6.07 Å². The number of aromatic nitrogens is 1. The van der Waals surface area contributed by atoms with Crippen molar-refractivity contribution in [1.29, 1.82) is 0 Å². The highest BCUT2D eigenvalue weighted by Gasteiger charge is 2.27. The Hall–Kier alpha value is -2.39. The van der Waals surface area contributed by atoms with Crippen LogP contribution in [0.25, 0.3) is 0 Å². The highest BCUT2D eigenvalue weighted by atomic mass is 32.2. The first kappa shape index (κ1) is 21.3. The summed E-state index contributed by atoms with van der Waals surface area (Å²) in [5.41, 5.74) is -0.0682. The number of sulfonamides is 1. The van der Waals surface area contributed by atoms with Gasteiger partial charge in [-0.15, -0.1) is 0 Å². The Bertz CT molecular complexity index is 986. The van der Waals surface area contributed by atoms with Crippen LogP contribution in [0.4, 0.5) is 5.82 Å². The van der Waals surface area contributed by atoms with Crippen LogP contribution in [0.15, 0.2) is 33.7 Å². The average molecular weight is 422 g/mol. The molecule has 0 bridgehead atoms. The molecule has 29 heavy (non-hydrogen) atoms. The van der Waals surface area contributed by atoms with Crippen LogP contribution in [0.2, 0.25) is 0 Å². The normalized spacial score (nSPS) is 15.4. The fourth-order valence-corrected chi connectivity index (χ4v) is 4.73. The van der Waals surface area contributed by atoms with Crippen molar-refractivity contribution in [1.82, 2.24) is 9.88 Å². The smallest absolute Gasteiger partial charge is 0.256 e. The van der Waals surface area contributed by atoms with Gasteiger partial charge in [0.25, 0.3) is 5.91 Å². The molecule has 9 heteroatoms. The van der Waals surface area contributed by atoms with Crippen LogP contribution in [0.5, 0.6) is 5.75 Å². The molecule has 0 unspecified atom stereocenters. The van der Waals surface area contributed by atoms with Gasteiger partial charge in [0.2, 0.25) is 10.0 Å². The summed E-state index contributed by atoms with van der Waals surface area (Å²) in [6.45, 7) is 5.91. The standard InChI is InChI=1S/C20H27N3O5S/c1-20(2,3)17-12-18(22-28-17)21-19(24)13-9-10-15(27-4)16(11-13)29(25,26)23-14-7-5-6-8-14/h9-12,14,23H,5-8H2,1-4H3,(H,21,22,24). The first-order valence-electron chi connectivity index (χ1n) is 9.59. The van der Waals surface area contributed by atoms with Gasteiger partial charge in [0.05, 0.1) is 7.11 Å². The summed E-state index contributed by atoms with van der Waals surface area (Å²) in [4.78, 5) is 12.6. The van der Waals surface area contributed by atoms with Crippen molar-refractivity contribution in [3.05, 3.63) is 35.6 Å². The average Bonchev–Trinajstić information content (AvgIpc) is 3.32. The summed E-state index contributed by atoms with van der Waals surface area (Å²) in [7, 11) is -2.42. The molecule has 0 saturated heterocycles. The molecule has 0 aliphatic heterocycles. The van der Waals surface area contributed by atoms with Crippen molar-refractivity contribution < 1.29 is 22.5 Å². The Labute approximate surface area is 171 Å². The molecule has 1 aliphatic rings. The maximum absolute atomic E-state index is 12.9. The summed E-state index contributed by atoms with van der Waals surface area (Å²) < 4.78 is 38.9. The number of hydrogen-bond acceptors (Lipinski definition) is 6. The zero-order valence-corrected chi connectivity index (χ0v) is 17.9. The molecule has 1 aliphatic carbocycles. The molecule has 0 atom stereocenters. The van der Waals surface area contributed by atoms with Crippen LogP contribution in [-0.2, 0) is 15.4 Å². The van der Waals surface area contributed by atoms with Crippen molar-refractivity contribution in [2.75, 3.05) is 12.4 Å². The molecule has 1 saturated carbocycles. The number of amides is 1. The quantitative estimate of drug-likeness (QED) is 0.739. The predicted molar refractivity (Wildman–Crippen MR) is 109 cm³/mol. The Morgan fingerprint density at radius 2 is 1.90 bits per heavy atom. The zero-order valence-electron chi connectivity index (χ0n) is 17.1. The third kappa shape index (κ3) is 4.97. The second kappa shape index (κ2) is 8.16. The van der Waals surface area contributed by atoms with Gasteiger partial charge >= 0.3 is 0 Å². The third-order valence-corrected chi connectivity index (χ3v) is 6.42. The molecule has 3 rings (SSSR count). The minimum atomic E-state index is -3.82. The van der Waals surface area contributed by atoms with Crippen LogP contribution in [0, 0.1) is 0 Å². The fraction of sp³-hybridized carbons (Fsp3) is 0.500. The van der Waals surface area contributed by atoms with Crippen molar-refractivity contribution >= 4 is 21.7 Å². The SMILES string of the molecule is COc1ccc(C(=O)Nc2cc(C(C)(C)C)on2)cc1S(=O)(=O)NC1CCCC1. The van der Waals surface area contributed by atoms with Gasteiger partial charge in [0.1, 0.15) is 16.4 Å². The first-order valence-corrected chi connectivity index (χ1v) is 11.1. The highest BCUT2D eigenvalue weighted by Crippen LogP contribution is 2.28. The largest absolute Gasteiger partial charge is 0.495 e. The van der Waals surface area contributed by atoms with Crippen molar-refractivity contribution in [2.45, 2.75) is 62.8 Å². The molecule has 1 fully saturated rings. The lowest BCUT2D eigenvalue weighted by Crippen LogP contribution is -2.33. The molecule has 0 spiro atoms. The summed E-state index contributed by atoms with van der Waals surface area (Å²) in [6, 6.07) is 5.86. The monoisotopic (exact) mass is 421 g/mol. The molecular formula is C20H27N3O5S. The first-order chi connectivity index (χ1) is 13.6. The summed E-state index contributed by atoms with van der Waals surface area (Å²) in [5, 5.41) is 6.50. The molecule has 2 N–H and O–H groups in total. The van der Waals surface area contributed by atoms with E-state index in [4.69, 9.17) is 9.26 Å². The Morgan fingerprint density at radius 1 is 1.21 bits per heavy atom. The van der Waals surface area contributed by atoms with E-state index in [1.165, 1.54) is 25.3 Å². The summed E-state index contributed by atoms with van der Waals surface area (Å²) in [6.07, 6.45) is 3.62. The molecule has 1 heterocycles. The zero-order chi connectivity index (χ0) is 21.2. The van der Waals surface area contributed by atoms with Gasteiger partial charge in [-0.1, -0.05) is 38.8 Å². The molecule has 158 valence electrons. The van der Waals surface area contributed by atoms with Gasteiger partial charge < -0.3 is 14.6 Å². The number of benzene rings is 1. The number of hydrogen-bond donors (Lipinski definition) is 2. The molecule has 1 aromatic carbocycles. The number of nitrogens with one attached hydrogen (secondary N) is 2. The molecule has 0 radical (unpaired) electrons. The summed E-state index contributed by atoms with van der Waals surface area (Å²) >= 11 is 0. The van der Waals surface area contributed by atoms with E-state index >= 15 is 0 Å². The maximum Gasteiger partial charge on any atom is 0.256 e. The van der Waals surface area contributed by atoms with Gasteiger partial charge in [-0.3, -0.25) is 4.79 Å². The molecule has 8 nitrogen and oxygen atoms in total. The molecule has 2 aromatic rings. The van der Waals surface area contributed by atoms with Crippen LogP contribution in [0.1, 0.15) is 62.6 Å². The minimum Gasteiger partial charge on any atom is -0.495 e. The van der Waals surface area contributed by atoms with Gasteiger partial charge in [-0.05, 0) is 31.0 Å². The number of carbonyl (C=O) groups is 1. The minimum absolute atomic E-state index is 0.0601. The fourth-order valence-electron chi connectivity index (χ4n) is 3.23. The van der Waals surface area contributed by atoms with Gasteiger partial charge in [0.15, 0.2) is 5.82 Å². The predicted octanol–water partition coefficient (Wildman–Crippen LogP) is 3.45. The van der Waals surface area contributed by atoms with Gasteiger partial charge in [-0.25, -0.2) is 13.1 Å². The highest BCUT2D eigenvalue weighted by molar-refractivity contribution is 7.89. The Morgan fingerprint density at radius 3 is 2.48 bits per heavy atom. The van der Waals surface area contributed by atoms with E-state index in [2.05, 4.69) is 15.2 Å². The number of anilines is 1. The molecular weight excluding hydrogens is 394 g/mol. The lowest BCUT2D eigenvalue weighted by Gasteiger charge is -2.15. The van der Waals surface area contributed by atoms with E-state index < -0.39 is 15.9 Å². The van der Waals surface area contributed by atoms with E-state index in [0.717, 1.165) is 25.7 Å². The van der Waals surface area contributed by atoms with Crippen LogP contribution in [0.3, 0.4) is 0 Å². The van der Waals surface area contributed by atoms with Crippen molar-refractivity contribution in [3.8, 4) is 5.75 Å². The van der Waals surface area contributed by atoms with Crippen LogP contribution >= 0.6 is 0 Å². The van der Waals surface area contributed by atoms with Crippen LogP contribution in [-0.4, -0.2) is 32.6 Å². The lowest BCUT2D eigenvalue weighted by atomic mass is 9.93. The molecule has 1 aromatic heterocycles.